The van der Waals surface area contributed by atoms with E-state index in [0.717, 1.165) is 101 Å². The van der Waals surface area contributed by atoms with Gasteiger partial charge in [-0.25, -0.2) is 0 Å². The maximum atomic E-state index is 11.8. The van der Waals surface area contributed by atoms with E-state index >= 15 is 0 Å². The third-order valence-electron chi connectivity index (χ3n) is 20.2. The van der Waals surface area contributed by atoms with Gasteiger partial charge in [-0.1, -0.05) is 87.1 Å². The molecule has 2 aromatic carbocycles. The summed E-state index contributed by atoms with van der Waals surface area (Å²) < 4.78 is 10.9. The summed E-state index contributed by atoms with van der Waals surface area (Å²) in [7, 11) is 3.43. The fourth-order valence-corrected chi connectivity index (χ4v) is 17.0. The molecular weight excluding hydrogens is 793 g/mol. The monoisotopic (exact) mass is 869 g/mol. The Balaban J connectivity index is 0.000000162. The first-order valence-electron chi connectivity index (χ1n) is 24.9. The minimum atomic E-state index is -0.901. The van der Waals surface area contributed by atoms with Crippen LogP contribution in [0.25, 0.3) is 0 Å². The quantitative estimate of drug-likeness (QED) is 0.180. The molecule has 6 fully saturated rings. The minimum absolute atomic E-state index is 0.116. The number of ether oxygens (including phenoxy) is 2. The van der Waals surface area contributed by atoms with Crippen molar-refractivity contribution in [2.24, 2.45) is 57.2 Å². The Kier molecular flexibility index (Phi) is 11.9. The van der Waals surface area contributed by atoms with Crippen LogP contribution in [0.2, 0.25) is 0 Å². The molecule has 16 atom stereocenters. The smallest absolute Gasteiger partial charge is 0.131 e. The fraction of sp³-hybridized carbons (Fsp3) is 0.655. The molecular formula is C58H76O6. The van der Waals surface area contributed by atoms with Crippen LogP contribution in [-0.4, -0.2) is 58.1 Å². The zero-order chi connectivity index (χ0) is 45.5. The third kappa shape index (κ3) is 6.97. The van der Waals surface area contributed by atoms with Crippen molar-refractivity contribution in [1.29, 1.82) is 0 Å². The lowest BCUT2D eigenvalue weighted by Crippen LogP contribution is -2.57. The molecule has 6 saturated carbocycles. The van der Waals surface area contributed by atoms with Crippen LogP contribution < -0.4 is 9.47 Å². The zero-order valence-electron chi connectivity index (χ0n) is 40.1. The standard InChI is InChI=1S/2C29H38O3/c2*1-5-14-29(31)16-13-25-23-11-8-20-17-21(30)12-15-27(20,2)26(23)24(18-28(25,29)3)19-6-9-22(32-4)10-7-19/h2*6-7,9-10,17,21,23-26,30-31H,8,11-13,15-16,18H2,1-4H3/t21-,23+,24-,25+,26-,27+,28+,29+;21-,23-,24+,25-,26+,27-,28-,29-/m10/s1. The number of allylic oxidation sites excluding steroid dienone is 2. The average Bonchev–Trinajstić information content (AvgIpc) is 3.70. The second kappa shape index (κ2) is 16.7. The highest BCUT2D eigenvalue weighted by atomic mass is 16.5. The van der Waals surface area contributed by atoms with E-state index in [2.05, 4.69) is 112 Å². The number of hydrogen-bond acceptors (Lipinski definition) is 6. The van der Waals surface area contributed by atoms with Gasteiger partial charge in [-0.05, 0) is 197 Å². The van der Waals surface area contributed by atoms with Crippen molar-refractivity contribution < 1.29 is 29.9 Å². The Hall–Kier alpha value is -3.52. The van der Waals surface area contributed by atoms with Crippen molar-refractivity contribution in [2.45, 2.75) is 167 Å². The van der Waals surface area contributed by atoms with Crippen molar-refractivity contribution in [2.75, 3.05) is 14.2 Å². The molecule has 0 bridgehead atoms. The minimum Gasteiger partial charge on any atom is -0.497 e. The van der Waals surface area contributed by atoms with E-state index in [-0.39, 0.29) is 33.9 Å². The lowest BCUT2D eigenvalue weighted by molar-refractivity contribution is -0.112. The molecule has 64 heavy (non-hydrogen) atoms. The van der Waals surface area contributed by atoms with Gasteiger partial charge in [-0.2, -0.15) is 0 Å². The van der Waals surface area contributed by atoms with Crippen LogP contribution in [0.3, 0.4) is 0 Å². The fourth-order valence-electron chi connectivity index (χ4n) is 17.0. The van der Waals surface area contributed by atoms with Crippen LogP contribution in [-0.2, 0) is 0 Å². The van der Waals surface area contributed by atoms with Gasteiger partial charge in [0.05, 0.1) is 26.4 Å². The van der Waals surface area contributed by atoms with Gasteiger partial charge in [0.15, 0.2) is 0 Å². The Morgan fingerprint density at radius 1 is 0.531 bits per heavy atom. The molecule has 0 unspecified atom stereocenters. The predicted octanol–water partition coefficient (Wildman–Crippen LogP) is 10.9. The molecule has 0 aliphatic heterocycles. The summed E-state index contributed by atoms with van der Waals surface area (Å²) in [5, 5.41) is 44.3. The molecule has 0 spiro atoms. The van der Waals surface area contributed by atoms with Gasteiger partial charge in [0.2, 0.25) is 0 Å². The number of rotatable bonds is 4. The van der Waals surface area contributed by atoms with Crippen molar-refractivity contribution in [3.8, 4) is 35.2 Å². The molecule has 10 rings (SSSR count). The number of aliphatic hydroxyl groups excluding tert-OH is 2. The lowest BCUT2D eigenvalue weighted by Gasteiger charge is -2.62. The Labute approximate surface area is 384 Å². The van der Waals surface area contributed by atoms with Crippen molar-refractivity contribution in [1.82, 2.24) is 0 Å². The molecule has 0 amide bonds. The summed E-state index contributed by atoms with van der Waals surface area (Å²) in [6.07, 6.45) is 17.7. The average molecular weight is 869 g/mol. The zero-order valence-corrected chi connectivity index (χ0v) is 40.1. The van der Waals surface area contributed by atoms with Gasteiger partial charge in [0, 0.05) is 10.8 Å². The Bertz CT molecular complexity index is 2100. The van der Waals surface area contributed by atoms with Gasteiger partial charge in [0.25, 0.3) is 0 Å². The normalized spacial score (nSPS) is 44.9. The molecule has 8 aliphatic rings. The highest BCUT2D eigenvalue weighted by Crippen LogP contribution is 2.72. The summed E-state index contributed by atoms with van der Waals surface area (Å²) in [5.74, 6) is 18.3. The molecule has 0 aromatic heterocycles. The van der Waals surface area contributed by atoms with Crippen LogP contribution in [0.15, 0.2) is 71.8 Å². The van der Waals surface area contributed by atoms with Crippen molar-refractivity contribution >= 4 is 0 Å². The van der Waals surface area contributed by atoms with Crippen LogP contribution in [0.1, 0.15) is 154 Å². The Morgan fingerprint density at radius 3 is 1.25 bits per heavy atom. The Morgan fingerprint density at radius 2 is 0.906 bits per heavy atom. The number of aliphatic hydroxyl groups is 4. The van der Waals surface area contributed by atoms with Gasteiger partial charge in [0.1, 0.15) is 22.7 Å². The van der Waals surface area contributed by atoms with Crippen molar-refractivity contribution in [3.63, 3.8) is 0 Å². The summed E-state index contributed by atoms with van der Waals surface area (Å²) in [5.41, 5.74) is 3.68. The molecule has 0 radical (unpaired) electrons. The van der Waals surface area contributed by atoms with Gasteiger partial charge in [-0.15, -0.1) is 11.8 Å². The molecule has 344 valence electrons. The van der Waals surface area contributed by atoms with Gasteiger partial charge >= 0.3 is 0 Å². The van der Waals surface area contributed by atoms with E-state index in [1.54, 1.807) is 14.2 Å². The van der Waals surface area contributed by atoms with Gasteiger partial charge < -0.3 is 29.9 Å². The predicted molar refractivity (Wildman–Crippen MR) is 254 cm³/mol. The molecule has 0 saturated heterocycles. The summed E-state index contributed by atoms with van der Waals surface area (Å²) >= 11 is 0. The van der Waals surface area contributed by atoms with Crippen molar-refractivity contribution in [3.05, 3.63) is 83.0 Å². The molecule has 8 aliphatic carbocycles. The number of methoxy groups -OCH3 is 2. The first kappa shape index (κ1) is 45.6. The maximum Gasteiger partial charge on any atom is 0.131 e. The lowest BCUT2D eigenvalue weighted by atomic mass is 9.43. The van der Waals surface area contributed by atoms with E-state index in [9.17, 15) is 20.4 Å². The number of hydrogen-bond donors (Lipinski definition) is 4. The summed E-state index contributed by atoms with van der Waals surface area (Å²) in [6, 6.07) is 17.3. The van der Waals surface area contributed by atoms with Crippen LogP contribution in [0, 0.1) is 80.8 Å². The number of benzene rings is 2. The SMILES string of the molecule is CC#C[C@]1(O)CC[C@H]2[C@@H]3CCC4=C[C@@H](O)CC[C@]4(C)[C@H]3[C@@H](c3ccc(OC)cc3)C[C@@]21C.CC#C[C@]1(O)CC[C@H]2[C@@H]3CCC4=C[C@H](O)CC[C@]4(C)[C@H]3[C@@H](c3ccc(OC)cc3)C[C@@]21C. The molecule has 2 aromatic rings. The second-order valence-electron chi connectivity index (χ2n) is 22.7. The second-order valence-corrected chi connectivity index (χ2v) is 22.7. The van der Waals surface area contributed by atoms with E-state index in [4.69, 9.17) is 9.47 Å². The summed E-state index contributed by atoms with van der Waals surface area (Å²) in [4.78, 5) is 0. The van der Waals surface area contributed by atoms with E-state index in [1.165, 1.54) is 22.3 Å². The highest BCUT2D eigenvalue weighted by molar-refractivity contribution is 5.39. The molecule has 0 heterocycles. The van der Waals surface area contributed by atoms with Crippen LogP contribution in [0.5, 0.6) is 11.5 Å². The van der Waals surface area contributed by atoms with E-state index in [1.807, 2.05) is 13.8 Å². The molecule has 6 nitrogen and oxygen atoms in total. The first-order valence-corrected chi connectivity index (χ1v) is 24.9. The third-order valence-corrected chi connectivity index (χ3v) is 20.2. The van der Waals surface area contributed by atoms with Gasteiger partial charge in [-0.3, -0.25) is 0 Å². The first-order chi connectivity index (χ1) is 30.5. The largest absolute Gasteiger partial charge is 0.497 e. The highest BCUT2D eigenvalue weighted by Gasteiger charge is 2.68. The van der Waals surface area contributed by atoms with E-state index < -0.39 is 11.2 Å². The topological polar surface area (TPSA) is 99.4 Å². The van der Waals surface area contributed by atoms with E-state index in [0.29, 0.717) is 47.3 Å². The van der Waals surface area contributed by atoms with Crippen LogP contribution >= 0.6 is 0 Å². The molecule has 6 heteroatoms. The number of fused-ring (bicyclic) bond motifs is 10. The molecule has 4 N–H and O–H groups in total. The summed E-state index contributed by atoms with van der Waals surface area (Å²) in [6.45, 7) is 13.3. The maximum absolute atomic E-state index is 11.8. The van der Waals surface area contributed by atoms with Crippen LogP contribution in [0.4, 0.5) is 0 Å².